The van der Waals surface area contributed by atoms with Crippen LogP contribution in [0.1, 0.15) is 60.3 Å². The van der Waals surface area contributed by atoms with Gasteiger partial charge in [-0.2, -0.15) is 0 Å². The number of Topliss-reactive ketones (excluding diaryl/α,β-unsaturated/α-hetero) is 1. The first-order valence-electron chi connectivity index (χ1n) is 6.23. The monoisotopic (exact) mass is 214 g/mol. The van der Waals surface area contributed by atoms with Gasteiger partial charge in [0.15, 0.2) is 5.78 Å². The third-order valence-corrected chi connectivity index (χ3v) is 3.30. The maximum atomic E-state index is 12.2. The van der Waals surface area contributed by atoms with E-state index in [0.29, 0.717) is 18.9 Å². The highest BCUT2D eigenvalue weighted by Crippen LogP contribution is 2.25. The molecular formula is C13H26O2. The van der Waals surface area contributed by atoms with Crippen LogP contribution in [0.3, 0.4) is 0 Å². The second kappa shape index (κ2) is 7.00. The minimum Gasteiger partial charge on any atom is -0.368 e. The van der Waals surface area contributed by atoms with Crippen molar-refractivity contribution in [1.82, 2.24) is 0 Å². The van der Waals surface area contributed by atoms with Gasteiger partial charge in [-0.1, -0.05) is 34.1 Å². The first-order valence-corrected chi connectivity index (χ1v) is 6.23. The molecule has 0 N–H and O–H groups in total. The van der Waals surface area contributed by atoms with Crippen LogP contribution >= 0.6 is 0 Å². The van der Waals surface area contributed by atoms with Gasteiger partial charge in [0.1, 0.15) is 5.60 Å². The van der Waals surface area contributed by atoms with E-state index < -0.39 is 5.60 Å². The van der Waals surface area contributed by atoms with E-state index in [9.17, 15) is 4.79 Å². The standard InChI is InChI=1S/C13H26O2/c1-6-11(5)10-12(14)13(7-2,8-3)15-9-4/h11H,6-10H2,1-5H3. The molecule has 90 valence electrons. The maximum Gasteiger partial charge on any atom is 0.164 e. The fourth-order valence-corrected chi connectivity index (χ4v) is 1.85. The van der Waals surface area contributed by atoms with Crippen molar-refractivity contribution < 1.29 is 9.53 Å². The van der Waals surface area contributed by atoms with Crippen LogP contribution in [0.4, 0.5) is 0 Å². The van der Waals surface area contributed by atoms with Crippen LogP contribution in [-0.4, -0.2) is 18.0 Å². The van der Waals surface area contributed by atoms with Gasteiger partial charge in [-0.25, -0.2) is 0 Å². The molecule has 0 fully saturated rings. The maximum absolute atomic E-state index is 12.2. The molecule has 0 saturated carbocycles. The van der Waals surface area contributed by atoms with E-state index in [0.717, 1.165) is 19.3 Å². The Morgan fingerprint density at radius 2 is 1.73 bits per heavy atom. The first-order chi connectivity index (χ1) is 7.06. The summed E-state index contributed by atoms with van der Waals surface area (Å²) in [5, 5.41) is 0. The number of hydrogen-bond donors (Lipinski definition) is 0. The van der Waals surface area contributed by atoms with Crippen molar-refractivity contribution in [3.63, 3.8) is 0 Å². The molecule has 2 nitrogen and oxygen atoms in total. The molecule has 0 spiro atoms. The number of carbonyl (C=O) groups excluding carboxylic acids is 1. The lowest BCUT2D eigenvalue weighted by Crippen LogP contribution is -2.41. The van der Waals surface area contributed by atoms with Gasteiger partial charge < -0.3 is 4.74 Å². The molecule has 0 rings (SSSR count). The Balaban J connectivity index is 4.53. The zero-order chi connectivity index (χ0) is 11.9. The fraction of sp³-hybridized carbons (Fsp3) is 0.923. The van der Waals surface area contributed by atoms with Gasteiger partial charge in [0, 0.05) is 13.0 Å². The second-order valence-electron chi connectivity index (χ2n) is 4.28. The Kier molecular flexibility index (Phi) is 6.82. The third-order valence-electron chi connectivity index (χ3n) is 3.30. The summed E-state index contributed by atoms with van der Waals surface area (Å²) >= 11 is 0. The fourth-order valence-electron chi connectivity index (χ4n) is 1.85. The van der Waals surface area contributed by atoms with E-state index in [1.165, 1.54) is 0 Å². The summed E-state index contributed by atoms with van der Waals surface area (Å²) in [7, 11) is 0. The minimum atomic E-state index is -0.516. The number of ether oxygens (including phenoxy) is 1. The van der Waals surface area contributed by atoms with Gasteiger partial charge >= 0.3 is 0 Å². The van der Waals surface area contributed by atoms with Gasteiger partial charge in [0.2, 0.25) is 0 Å². The molecule has 0 saturated heterocycles. The Morgan fingerprint density at radius 1 is 1.20 bits per heavy atom. The van der Waals surface area contributed by atoms with E-state index in [-0.39, 0.29) is 5.78 Å². The molecule has 0 aliphatic rings. The second-order valence-corrected chi connectivity index (χ2v) is 4.28. The summed E-state index contributed by atoms with van der Waals surface area (Å²) in [6.07, 6.45) is 3.28. The van der Waals surface area contributed by atoms with Gasteiger partial charge in [0.05, 0.1) is 0 Å². The van der Waals surface area contributed by atoms with E-state index in [1.807, 2.05) is 20.8 Å². The molecule has 0 aliphatic carbocycles. The topological polar surface area (TPSA) is 26.3 Å². The van der Waals surface area contributed by atoms with Crippen LogP contribution in [-0.2, 0) is 9.53 Å². The summed E-state index contributed by atoms with van der Waals surface area (Å²) in [6.45, 7) is 10.9. The number of ketones is 1. The van der Waals surface area contributed by atoms with Crippen molar-refractivity contribution >= 4 is 5.78 Å². The van der Waals surface area contributed by atoms with Crippen LogP contribution in [0.2, 0.25) is 0 Å². The van der Waals surface area contributed by atoms with E-state index >= 15 is 0 Å². The molecular weight excluding hydrogens is 188 g/mol. The lowest BCUT2D eigenvalue weighted by molar-refractivity contribution is -0.146. The number of hydrogen-bond acceptors (Lipinski definition) is 2. The van der Waals surface area contributed by atoms with Crippen molar-refractivity contribution in [2.45, 2.75) is 65.9 Å². The SMILES string of the molecule is CCOC(CC)(CC)C(=O)CC(C)CC. The number of rotatable bonds is 8. The van der Waals surface area contributed by atoms with E-state index in [2.05, 4.69) is 13.8 Å². The van der Waals surface area contributed by atoms with Crippen LogP contribution < -0.4 is 0 Å². The summed E-state index contributed by atoms with van der Waals surface area (Å²) < 4.78 is 5.69. The van der Waals surface area contributed by atoms with Gasteiger partial charge in [0.25, 0.3) is 0 Å². The normalized spacial score (nSPS) is 13.9. The highest BCUT2D eigenvalue weighted by Gasteiger charge is 2.35. The zero-order valence-electron chi connectivity index (χ0n) is 10.9. The van der Waals surface area contributed by atoms with Crippen molar-refractivity contribution in [3.05, 3.63) is 0 Å². The molecule has 2 heteroatoms. The average Bonchev–Trinajstić information content (AvgIpc) is 2.25. The molecule has 0 radical (unpaired) electrons. The number of carbonyl (C=O) groups is 1. The Hall–Kier alpha value is -0.370. The quantitative estimate of drug-likeness (QED) is 0.617. The van der Waals surface area contributed by atoms with Crippen LogP contribution in [0.25, 0.3) is 0 Å². The Morgan fingerprint density at radius 3 is 2.07 bits per heavy atom. The Bertz CT molecular complexity index is 183. The molecule has 0 bridgehead atoms. The van der Waals surface area contributed by atoms with Crippen LogP contribution in [0, 0.1) is 5.92 Å². The third kappa shape index (κ3) is 3.94. The highest BCUT2D eigenvalue weighted by molar-refractivity contribution is 5.87. The molecule has 0 aromatic rings. The molecule has 0 aromatic heterocycles. The molecule has 1 unspecified atom stereocenters. The molecule has 15 heavy (non-hydrogen) atoms. The molecule has 0 aromatic carbocycles. The highest BCUT2D eigenvalue weighted by atomic mass is 16.5. The summed E-state index contributed by atoms with van der Waals surface area (Å²) in [4.78, 5) is 12.2. The summed E-state index contributed by atoms with van der Waals surface area (Å²) in [5.41, 5.74) is -0.516. The van der Waals surface area contributed by atoms with E-state index in [4.69, 9.17) is 4.74 Å². The van der Waals surface area contributed by atoms with Gasteiger partial charge in [-0.15, -0.1) is 0 Å². The molecule has 1 atom stereocenters. The Labute approximate surface area is 94.4 Å². The zero-order valence-corrected chi connectivity index (χ0v) is 10.9. The van der Waals surface area contributed by atoms with Crippen molar-refractivity contribution in [2.75, 3.05) is 6.61 Å². The van der Waals surface area contributed by atoms with Crippen molar-refractivity contribution in [3.8, 4) is 0 Å². The summed E-state index contributed by atoms with van der Waals surface area (Å²) in [5.74, 6) is 0.749. The van der Waals surface area contributed by atoms with Gasteiger partial charge in [-0.3, -0.25) is 4.79 Å². The predicted octanol–water partition coefficient (Wildman–Crippen LogP) is 3.59. The van der Waals surface area contributed by atoms with Gasteiger partial charge in [-0.05, 0) is 25.7 Å². The van der Waals surface area contributed by atoms with Crippen LogP contribution in [0.15, 0.2) is 0 Å². The minimum absolute atomic E-state index is 0.281. The summed E-state index contributed by atoms with van der Waals surface area (Å²) in [6, 6.07) is 0. The van der Waals surface area contributed by atoms with Crippen molar-refractivity contribution in [2.24, 2.45) is 5.92 Å². The lowest BCUT2D eigenvalue weighted by Gasteiger charge is -2.30. The first kappa shape index (κ1) is 14.6. The predicted molar refractivity (Wildman–Crippen MR) is 64.0 cm³/mol. The van der Waals surface area contributed by atoms with Crippen LogP contribution in [0.5, 0.6) is 0 Å². The van der Waals surface area contributed by atoms with Crippen molar-refractivity contribution in [1.29, 1.82) is 0 Å². The molecule has 0 heterocycles. The molecule has 0 aliphatic heterocycles. The average molecular weight is 214 g/mol. The smallest absolute Gasteiger partial charge is 0.164 e. The molecule has 0 amide bonds. The van der Waals surface area contributed by atoms with E-state index in [1.54, 1.807) is 0 Å². The largest absolute Gasteiger partial charge is 0.368 e. The lowest BCUT2D eigenvalue weighted by atomic mass is 9.86.